The van der Waals surface area contributed by atoms with Crippen LogP contribution in [0.2, 0.25) is 10.0 Å². The summed E-state index contributed by atoms with van der Waals surface area (Å²) in [4.78, 5) is 24.3. The number of carbonyl (C=O) groups is 2. The molecule has 1 aliphatic rings. The minimum atomic E-state index is -0.722. The van der Waals surface area contributed by atoms with E-state index in [2.05, 4.69) is 11.9 Å². The van der Waals surface area contributed by atoms with Crippen molar-refractivity contribution in [3.05, 3.63) is 46.1 Å². The molecule has 2 rings (SSSR count). The van der Waals surface area contributed by atoms with Crippen LogP contribution in [0.15, 0.2) is 30.5 Å². The van der Waals surface area contributed by atoms with Gasteiger partial charge in [0.25, 0.3) is 0 Å². The molecule has 23 heavy (non-hydrogen) atoms. The number of piperidine rings is 1. The van der Waals surface area contributed by atoms with E-state index in [-0.39, 0.29) is 18.9 Å². The molecule has 1 N–H and O–H groups in total. The molecule has 0 bridgehead atoms. The van der Waals surface area contributed by atoms with E-state index < -0.39 is 17.8 Å². The molecule has 1 saturated heterocycles. The molecule has 1 amide bonds. The van der Waals surface area contributed by atoms with Crippen molar-refractivity contribution >= 4 is 35.1 Å². The van der Waals surface area contributed by atoms with Crippen LogP contribution in [0.25, 0.3) is 0 Å². The molecule has 2 atom stereocenters. The Hall–Kier alpha value is -1.56. The second-order valence-electron chi connectivity index (χ2n) is 5.17. The molecule has 124 valence electrons. The zero-order valence-corrected chi connectivity index (χ0v) is 14.1. The third-order valence-corrected chi connectivity index (χ3v) is 4.48. The minimum Gasteiger partial charge on any atom is -0.463 e. The van der Waals surface area contributed by atoms with E-state index in [9.17, 15) is 9.59 Å². The predicted octanol–water partition coefficient (Wildman–Crippen LogP) is 2.92. The Bertz CT molecular complexity index is 633. The van der Waals surface area contributed by atoms with Crippen molar-refractivity contribution in [3.63, 3.8) is 0 Å². The Morgan fingerprint density at radius 3 is 2.83 bits per heavy atom. The predicted molar refractivity (Wildman–Crippen MR) is 87.4 cm³/mol. The maximum absolute atomic E-state index is 12.4. The van der Waals surface area contributed by atoms with Gasteiger partial charge in [0.15, 0.2) is 0 Å². The third-order valence-electron chi connectivity index (χ3n) is 3.65. The first-order valence-corrected chi connectivity index (χ1v) is 7.79. The summed E-state index contributed by atoms with van der Waals surface area (Å²) in [5.74, 6) is -1.90. The van der Waals surface area contributed by atoms with Crippen LogP contribution < -0.4 is 5.32 Å². The summed E-state index contributed by atoms with van der Waals surface area (Å²) in [5, 5.41) is 3.29. The normalized spacial score (nSPS) is 21.0. The summed E-state index contributed by atoms with van der Waals surface area (Å²) in [6, 6.07) is 5.13. The molecule has 0 radical (unpaired) electrons. The number of amides is 1. The monoisotopic (exact) mass is 357 g/mol. The average molecular weight is 358 g/mol. The molecule has 1 aliphatic heterocycles. The quantitative estimate of drug-likeness (QED) is 0.649. The summed E-state index contributed by atoms with van der Waals surface area (Å²) in [7, 11) is 1.52. The fourth-order valence-corrected chi connectivity index (χ4v) is 3.03. The molecule has 0 spiro atoms. The van der Waals surface area contributed by atoms with Crippen LogP contribution in [-0.4, -0.2) is 32.2 Å². The number of carbonyl (C=O) groups excluding carboxylic acids is 2. The summed E-state index contributed by atoms with van der Waals surface area (Å²) in [5.41, 5.74) is 0.925. The van der Waals surface area contributed by atoms with Crippen molar-refractivity contribution in [2.75, 3.05) is 20.3 Å². The van der Waals surface area contributed by atoms with E-state index in [1.165, 1.54) is 7.11 Å². The van der Waals surface area contributed by atoms with Crippen LogP contribution in [0.4, 0.5) is 0 Å². The number of hydrogen-bond acceptors (Lipinski definition) is 4. The van der Waals surface area contributed by atoms with E-state index in [1.54, 1.807) is 18.2 Å². The first-order valence-electron chi connectivity index (χ1n) is 7.03. The van der Waals surface area contributed by atoms with Crippen LogP contribution in [0, 0.1) is 5.92 Å². The summed E-state index contributed by atoms with van der Waals surface area (Å²) < 4.78 is 10.1. The molecule has 0 aromatic heterocycles. The standard InChI is InChI=1S/C16H17Cl2NO4/c1-9-14(16(21)23-7-6-22-2)11(8-13(20)19-9)10-4-3-5-12(17)15(10)18/h3-5,11,14H,1,6-8H2,2H3,(H,19,20)/t11-,14+/m0/s1. The number of halogens is 2. The summed E-state index contributed by atoms with van der Waals surface area (Å²) in [6.07, 6.45) is 0.100. The number of nitrogens with one attached hydrogen (secondary N) is 1. The highest BCUT2D eigenvalue weighted by atomic mass is 35.5. The zero-order valence-electron chi connectivity index (χ0n) is 12.6. The van der Waals surface area contributed by atoms with Crippen LogP contribution in [-0.2, 0) is 19.1 Å². The van der Waals surface area contributed by atoms with Crippen LogP contribution in [0.5, 0.6) is 0 Å². The van der Waals surface area contributed by atoms with E-state index in [1.807, 2.05) is 0 Å². The number of esters is 1. The molecule has 1 aromatic carbocycles. The summed E-state index contributed by atoms with van der Waals surface area (Å²) in [6.45, 7) is 4.20. The first kappa shape index (κ1) is 17.8. The van der Waals surface area contributed by atoms with Gasteiger partial charge >= 0.3 is 5.97 Å². The third kappa shape index (κ3) is 4.05. The second kappa shape index (κ2) is 7.81. The van der Waals surface area contributed by atoms with Gasteiger partial charge in [0, 0.05) is 25.1 Å². The average Bonchev–Trinajstić information content (AvgIpc) is 2.49. The number of ether oxygens (including phenoxy) is 2. The fourth-order valence-electron chi connectivity index (χ4n) is 2.59. The molecule has 0 saturated carbocycles. The highest BCUT2D eigenvalue weighted by molar-refractivity contribution is 6.42. The Labute approximate surface area is 144 Å². The van der Waals surface area contributed by atoms with Crippen molar-refractivity contribution in [1.82, 2.24) is 5.32 Å². The van der Waals surface area contributed by atoms with E-state index in [4.69, 9.17) is 32.7 Å². The Morgan fingerprint density at radius 2 is 2.13 bits per heavy atom. The number of hydrogen-bond donors (Lipinski definition) is 1. The van der Waals surface area contributed by atoms with Crippen molar-refractivity contribution < 1.29 is 19.1 Å². The van der Waals surface area contributed by atoms with Crippen molar-refractivity contribution in [3.8, 4) is 0 Å². The van der Waals surface area contributed by atoms with E-state index in [0.717, 1.165) is 0 Å². The van der Waals surface area contributed by atoms with Crippen molar-refractivity contribution in [1.29, 1.82) is 0 Å². The van der Waals surface area contributed by atoms with E-state index >= 15 is 0 Å². The fraction of sp³-hybridized carbons (Fsp3) is 0.375. The minimum absolute atomic E-state index is 0.100. The van der Waals surface area contributed by atoms with Gasteiger partial charge in [-0.3, -0.25) is 9.59 Å². The lowest BCUT2D eigenvalue weighted by Gasteiger charge is -2.32. The van der Waals surface area contributed by atoms with Gasteiger partial charge in [-0.1, -0.05) is 41.9 Å². The highest BCUT2D eigenvalue weighted by Gasteiger charge is 2.40. The lowest BCUT2D eigenvalue weighted by atomic mass is 9.79. The SMILES string of the molecule is C=C1NC(=O)C[C@@H](c2cccc(Cl)c2Cl)[C@@H]1C(=O)OCCOC. The summed E-state index contributed by atoms with van der Waals surface area (Å²) >= 11 is 12.3. The van der Waals surface area contributed by atoms with Gasteiger partial charge in [-0.25, -0.2) is 0 Å². The smallest absolute Gasteiger partial charge is 0.315 e. The van der Waals surface area contributed by atoms with Gasteiger partial charge in [-0.05, 0) is 11.6 Å². The first-order chi connectivity index (χ1) is 11.0. The van der Waals surface area contributed by atoms with E-state index in [0.29, 0.717) is 27.9 Å². The molecular weight excluding hydrogens is 341 g/mol. The topological polar surface area (TPSA) is 64.6 Å². The van der Waals surface area contributed by atoms with Crippen molar-refractivity contribution in [2.45, 2.75) is 12.3 Å². The largest absolute Gasteiger partial charge is 0.463 e. The second-order valence-corrected chi connectivity index (χ2v) is 5.95. The van der Waals surface area contributed by atoms with Gasteiger partial charge in [0.2, 0.25) is 5.91 Å². The van der Waals surface area contributed by atoms with Crippen LogP contribution in [0.1, 0.15) is 17.9 Å². The highest BCUT2D eigenvalue weighted by Crippen LogP contribution is 2.41. The molecule has 1 aromatic rings. The van der Waals surface area contributed by atoms with Crippen LogP contribution >= 0.6 is 23.2 Å². The Morgan fingerprint density at radius 1 is 1.39 bits per heavy atom. The maximum Gasteiger partial charge on any atom is 0.315 e. The van der Waals surface area contributed by atoms with Crippen molar-refractivity contribution in [2.24, 2.45) is 5.92 Å². The van der Waals surface area contributed by atoms with Gasteiger partial charge in [-0.2, -0.15) is 0 Å². The molecule has 0 aliphatic carbocycles. The van der Waals surface area contributed by atoms with Gasteiger partial charge in [0.05, 0.1) is 16.7 Å². The van der Waals surface area contributed by atoms with Crippen LogP contribution in [0.3, 0.4) is 0 Å². The lowest BCUT2D eigenvalue weighted by molar-refractivity contribution is -0.150. The Kier molecular flexibility index (Phi) is 6.04. The molecule has 0 unspecified atom stereocenters. The molecule has 1 fully saturated rings. The van der Waals surface area contributed by atoms with Gasteiger partial charge in [0.1, 0.15) is 12.5 Å². The van der Waals surface area contributed by atoms with Gasteiger partial charge < -0.3 is 14.8 Å². The number of benzene rings is 1. The molecule has 1 heterocycles. The van der Waals surface area contributed by atoms with Gasteiger partial charge in [-0.15, -0.1) is 0 Å². The molecule has 7 heteroatoms. The number of methoxy groups -OCH3 is 1. The Balaban J connectivity index is 2.31. The molecule has 5 nitrogen and oxygen atoms in total. The maximum atomic E-state index is 12.4. The number of rotatable bonds is 5. The zero-order chi connectivity index (χ0) is 17.0. The lowest BCUT2D eigenvalue weighted by Crippen LogP contribution is -2.41. The molecular formula is C16H17Cl2NO4.